The minimum Gasteiger partial charge on any atom is -0.456 e. The number of nitrogens with one attached hydrogen (secondary N) is 2. The first-order valence-corrected chi connectivity index (χ1v) is 13.1. The molecule has 1 aromatic rings. The summed E-state index contributed by atoms with van der Waals surface area (Å²) in [7, 11) is 0. The number of fused-ring (bicyclic) bond motifs is 2. The van der Waals surface area contributed by atoms with E-state index in [2.05, 4.69) is 10.6 Å². The van der Waals surface area contributed by atoms with Crippen molar-refractivity contribution in [2.24, 2.45) is 17.8 Å². The van der Waals surface area contributed by atoms with E-state index < -0.39 is 5.60 Å². The molecule has 32 heavy (non-hydrogen) atoms. The number of hydrogen-bond donors (Lipinski definition) is 2. The Labute approximate surface area is 193 Å². The predicted molar refractivity (Wildman–Crippen MR) is 129 cm³/mol. The van der Waals surface area contributed by atoms with Crippen LogP contribution in [0.2, 0.25) is 0 Å². The Morgan fingerprint density at radius 2 is 1.88 bits per heavy atom. The Morgan fingerprint density at radius 1 is 1.06 bits per heavy atom. The number of carbonyl (C=O) groups is 1. The van der Waals surface area contributed by atoms with Crippen LogP contribution < -0.4 is 10.6 Å². The van der Waals surface area contributed by atoms with Gasteiger partial charge in [0, 0.05) is 17.8 Å². The molecule has 4 aliphatic rings. The molecule has 4 atom stereocenters. The maximum absolute atomic E-state index is 12.8. The topological polar surface area (TPSA) is 63.2 Å². The van der Waals surface area contributed by atoms with Crippen molar-refractivity contribution in [3.63, 3.8) is 0 Å². The Balaban J connectivity index is 1.40. The van der Waals surface area contributed by atoms with Gasteiger partial charge in [0.05, 0.1) is 11.3 Å². The van der Waals surface area contributed by atoms with Crippen molar-refractivity contribution in [2.75, 3.05) is 10.6 Å². The van der Waals surface area contributed by atoms with Crippen LogP contribution in [0.3, 0.4) is 0 Å². The molecule has 3 bridgehead atoms. The molecule has 1 aromatic heterocycles. The number of pyridine rings is 1. The molecule has 0 aliphatic heterocycles. The van der Waals surface area contributed by atoms with E-state index >= 15 is 0 Å². The van der Waals surface area contributed by atoms with Gasteiger partial charge in [0.15, 0.2) is 0 Å². The molecule has 4 fully saturated rings. The van der Waals surface area contributed by atoms with Crippen molar-refractivity contribution >= 4 is 17.5 Å². The highest BCUT2D eigenvalue weighted by atomic mass is 16.6. The fraction of sp³-hybridized carbons (Fsp3) is 0.778. The smallest absolute Gasteiger partial charge is 0.340 e. The molecule has 0 amide bonds. The Hall–Kier alpha value is -1.78. The van der Waals surface area contributed by atoms with Crippen LogP contribution in [0.4, 0.5) is 11.5 Å². The Kier molecular flexibility index (Phi) is 5.88. The van der Waals surface area contributed by atoms with Crippen LogP contribution in [0.25, 0.3) is 0 Å². The first-order valence-electron chi connectivity index (χ1n) is 13.1. The minimum atomic E-state index is -0.511. The first-order chi connectivity index (χ1) is 15.3. The van der Waals surface area contributed by atoms with Gasteiger partial charge in [-0.15, -0.1) is 0 Å². The van der Waals surface area contributed by atoms with Crippen molar-refractivity contribution in [2.45, 2.75) is 115 Å². The second kappa shape index (κ2) is 8.53. The van der Waals surface area contributed by atoms with Crippen LogP contribution in [0.1, 0.15) is 108 Å². The summed E-state index contributed by atoms with van der Waals surface area (Å²) in [6.07, 6.45) is 17.4. The molecule has 4 unspecified atom stereocenters. The van der Waals surface area contributed by atoms with E-state index in [9.17, 15) is 4.79 Å². The zero-order valence-electron chi connectivity index (χ0n) is 20.2. The number of esters is 1. The van der Waals surface area contributed by atoms with E-state index in [-0.39, 0.29) is 11.5 Å². The van der Waals surface area contributed by atoms with Crippen LogP contribution in [0, 0.1) is 17.8 Å². The highest BCUT2D eigenvalue weighted by Crippen LogP contribution is 2.55. The van der Waals surface area contributed by atoms with Gasteiger partial charge in [-0.25, -0.2) is 9.78 Å². The Bertz CT molecular complexity index is 838. The van der Waals surface area contributed by atoms with E-state index in [4.69, 9.17) is 9.72 Å². The zero-order valence-corrected chi connectivity index (χ0v) is 20.2. The number of aromatic nitrogens is 1. The van der Waals surface area contributed by atoms with Crippen LogP contribution in [0.15, 0.2) is 12.3 Å². The third-order valence-electron chi connectivity index (χ3n) is 8.45. The van der Waals surface area contributed by atoms with Gasteiger partial charge in [0.1, 0.15) is 11.4 Å². The van der Waals surface area contributed by atoms with Gasteiger partial charge in [0.25, 0.3) is 0 Å². The summed E-state index contributed by atoms with van der Waals surface area (Å²) >= 11 is 0. The number of rotatable bonds is 5. The SMILES string of the molecule is CC(C)(C)OC(=O)c1cnc(NC23CCC4CCC(CC4C2)C3)c(NC2CCCCC2)c1. The highest BCUT2D eigenvalue weighted by Gasteiger charge is 2.49. The van der Waals surface area contributed by atoms with Crippen molar-refractivity contribution < 1.29 is 9.53 Å². The van der Waals surface area contributed by atoms with Crippen molar-refractivity contribution in [1.82, 2.24) is 4.98 Å². The summed E-state index contributed by atoms with van der Waals surface area (Å²) < 4.78 is 5.63. The van der Waals surface area contributed by atoms with Crippen LogP contribution in [-0.2, 0) is 4.74 Å². The quantitative estimate of drug-likeness (QED) is 0.509. The molecular weight excluding hydrogens is 398 g/mol. The van der Waals surface area contributed by atoms with Gasteiger partial charge in [0.2, 0.25) is 0 Å². The largest absolute Gasteiger partial charge is 0.456 e. The molecule has 5 nitrogen and oxygen atoms in total. The van der Waals surface area contributed by atoms with E-state index in [0.29, 0.717) is 11.6 Å². The third kappa shape index (κ3) is 4.77. The van der Waals surface area contributed by atoms with Crippen molar-refractivity contribution in [3.8, 4) is 0 Å². The average molecular weight is 440 g/mol. The monoisotopic (exact) mass is 439 g/mol. The van der Waals surface area contributed by atoms with Gasteiger partial charge in [-0.05, 0) is 96.0 Å². The van der Waals surface area contributed by atoms with Gasteiger partial charge in [-0.2, -0.15) is 0 Å². The average Bonchev–Trinajstić information content (AvgIpc) is 2.73. The molecule has 176 valence electrons. The summed E-state index contributed by atoms with van der Waals surface area (Å²) in [5.74, 6) is 3.34. The number of hydrogen-bond acceptors (Lipinski definition) is 5. The van der Waals surface area contributed by atoms with Gasteiger partial charge in [-0.1, -0.05) is 25.7 Å². The number of carbonyl (C=O) groups excluding carboxylic acids is 1. The van der Waals surface area contributed by atoms with E-state index in [1.165, 1.54) is 77.0 Å². The summed E-state index contributed by atoms with van der Waals surface area (Å²) in [6.45, 7) is 5.72. The lowest BCUT2D eigenvalue weighted by molar-refractivity contribution is 0.00691. The lowest BCUT2D eigenvalue weighted by atomic mass is 9.54. The van der Waals surface area contributed by atoms with Crippen LogP contribution >= 0.6 is 0 Å². The molecule has 0 radical (unpaired) electrons. The fourth-order valence-electron chi connectivity index (χ4n) is 7.05. The molecule has 0 aromatic carbocycles. The normalized spacial score (nSPS) is 32.4. The molecule has 4 saturated carbocycles. The van der Waals surface area contributed by atoms with Crippen molar-refractivity contribution in [3.05, 3.63) is 17.8 Å². The maximum Gasteiger partial charge on any atom is 0.340 e. The standard InChI is InChI=1S/C27H41N3O2/c1-26(2,3)32-25(31)21-14-23(29-22-7-5-4-6-8-22)24(28-17-21)30-27-12-11-19-10-9-18(15-27)13-20(19)16-27/h14,17-20,22,29H,4-13,15-16H2,1-3H3,(H,28,30). The molecule has 5 heteroatoms. The molecule has 0 saturated heterocycles. The molecule has 0 spiro atoms. The minimum absolute atomic E-state index is 0.175. The summed E-state index contributed by atoms with van der Waals surface area (Å²) in [6, 6.07) is 2.43. The highest BCUT2D eigenvalue weighted by molar-refractivity contribution is 5.91. The zero-order chi connectivity index (χ0) is 22.3. The number of nitrogens with zero attached hydrogens (tertiary/aromatic N) is 1. The molecule has 5 rings (SSSR count). The number of anilines is 2. The maximum atomic E-state index is 12.8. The lowest BCUT2D eigenvalue weighted by Crippen LogP contribution is -2.53. The first kappa shape index (κ1) is 22.0. The van der Waals surface area contributed by atoms with Crippen LogP contribution in [0.5, 0.6) is 0 Å². The molecule has 2 N–H and O–H groups in total. The van der Waals surface area contributed by atoms with E-state index in [0.717, 1.165) is 29.3 Å². The second-order valence-corrected chi connectivity index (χ2v) is 12.2. The summed E-state index contributed by atoms with van der Waals surface area (Å²) in [4.78, 5) is 17.6. The van der Waals surface area contributed by atoms with Gasteiger partial charge >= 0.3 is 5.97 Å². The Morgan fingerprint density at radius 3 is 2.66 bits per heavy atom. The number of ether oxygens (including phenoxy) is 1. The fourth-order valence-corrected chi connectivity index (χ4v) is 7.05. The molecule has 1 heterocycles. The van der Waals surface area contributed by atoms with Crippen LogP contribution in [-0.4, -0.2) is 28.1 Å². The predicted octanol–water partition coefficient (Wildman–Crippen LogP) is 6.55. The summed E-state index contributed by atoms with van der Waals surface area (Å²) in [5, 5.41) is 7.73. The molecule has 4 aliphatic carbocycles. The molecular formula is C27H41N3O2. The van der Waals surface area contributed by atoms with Crippen molar-refractivity contribution in [1.29, 1.82) is 0 Å². The lowest BCUT2D eigenvalue weighted by Gasteiger charge is -2.55. The van der Waals surface area contributed by atoms with Gasteiger partial charge in [-0.3, -0.25) is 0 Å². The van der Waals surface area contributed by atoms with E-state index in [1.54, 1.807) is 6.20 Å². The third-order valence-corrected chi connectivity index (χ3v) is 8.45. The van der Waals surface area contributed by atoms with Gasteiger partial charge < -0.3 is 15.4 Å². The second-order valence-electron chi connectivity index (χ2n) is 12.2. The summed E-state index contributed by atoms with van der Waals surface area (Å²) in [5.41, 5.74) is 1.18. The van der Waals surface area contributed by atoms with E-state index in [1.807, 2.05) is 26.8 Å².